The third-order valence-electron chi connectivity index (χ3n) is 3.34. The number of nitrogens with one attached hydrogen (secondary N) is 1. The Morgan fingerprint density at radius 1 is 1.58 bits per heavy atom. The molecule has 5 nitrogen and oxygen atoms in total. The first kappa shape index (κ1) is 14.3. The summed E-state index contributed by atoms with van der Waals surface area (Å²) in [5.41, 5.74) is 0. The van der Waals surface area contributed by atoms with Crippen molar-refractivity contribution in [1.29, 1.82) is 0 Å². The van der Waals surface area contributed by atoms with E-state index in [-0.39, 0.29) is 0 Å². The quantitative estimate of drug-likeness (QED) is 0.811. The lowest BCUT2D eigenvalue weighted by Gasteiger charge is -2.26. The summed E-state index contributed by atoms with van der Waals surface area (Å²) >= 11 is 6.22. The molecule has 1 saturated heterocycles. The van der Waals surface area contributed by atoms with Gasteiger partial charge in [0, 0.05) is 19.1 Å². The van der Waals surface area contributed by atoms with E-state index in [2.05, 4.69) is 27.1 Å². The molecule has 1 aliphatic heterocycles. The van der Waals surface area contributed by atoms with Gasteiger partial charge >= 0.3 is 6.01 Å². The molecular formula is C13H21ClN4O. The molecule has 1 aromatic rings. The van der Waals surface area contributed by atoms with Crippen LogP contribution < -0.4 is 15.0 Å². The third kappa shape index (κ3) is 3.48. The predicted molar refractivity (Wildman–Crippen MR) is 77.1 cm³/mol. The minimum Gasteiger partial charge on any atom is -0.467 e. The molecule has 1 atom stereocenters. The molecule has 0 aliphatic carbocycles. The number of halogens is 1. The largest absolute Gasteiger partial charge is 0.467 e. The fourth-order valence-electron chi connectivity index (χ4n) is 2.41. The SMILES string of the molecule is CCCNCC1CCCN1c1nc(OC)ncc1Cl. The van der Waals surface area contributed by atoms with E-state index in [1.807, 2.05) is 0 Å². The van der Waals surface area contributed by atoms with Crippen molar-refractivity contribution in [2.75, 3.05) is 31.6 Å². The number of ether oxygens (including phenoxy) is 1. The van der Waals surface area contributed by atoms with Gasteiger partial charge in [0.25, 0.3) is 0 Å². The lowest BCUT2D eigenvalue weighted by Crippen LogP contribution is -2.38. The monoisotopic (exact) mass is 284 g/mol. The number of hydrogen-bond donors (Lipinski definition) is 1. The van der Waals surface area contributed by atoms with Crippen LogP contribution >= 0.6 is 11.6 Å². The van der Waals surface area contributed by atoms with Crippen LogP contribution in [0.5, 0.6) is 6.01 Å². The number of anilines is 1. The molecule has 2 rings (SSSR count). The second-order valence-corrected chi connectivity index (χ2v) is 5.13. The van der Waals surface area contributed by atoms with Crippen molar-refractivity contribution >= 4 is 17.4 Å². The molecule has 1 aliphatic rings. The highest BCUT2D eigenvalue weighted by molar-refractivity contribution is 6.32. The molecular weight excluding hydrogens is 264 g/mol. The maximum absolute atomic E-state index is 6.22. The van der Waals surface area contributed by atoms with Crippen molar-refractivity contribution in [1.82, 2.24) is 15.3 Å². The van der Waals surface area contributed by atoms with E-state index in [0.717, 1.165) is 31.9 Å². The van der Waals surface area contributed by atoms with E-state index >= 15 is 0 Å². The fourth-order valence-corrected chi connectivity index (χ4v) is 2.61. The molecule has 0 radical (unpaired) electrons. The van der Waals surface area contributed by atoms with Gasteiger partial charge in [-0.2, -0.15) is 4.98 Å². The Morgan fingerprint density at radius 3 is 3.16 bits per heavy atom. The van der Waals surface area contributed by atoms with Crippen molar-refractivity contribution in [3.8, 4) is 6.01 Å². The summed E-state index contributed by atoms with van der Waals surface area (Å²) in [6, 6.07) is 0.815. The van der Waals surface area contributed by atoms with Crippen LogP contribution in [0.15, 0.2) is 6.20 Å². The molecule has 6 heteroatoms. The van der Waals surface area contributed by atoms with Crippen LogP contribution in [0.25, 0.3) is 0 Å². The highest BCUT2D eigenvalue weighted by Crippen LogP contribution is 2.30. The zero-order valence-electron chi connectivity index (χ0n) is 11.5. The van der Waals surface area contributed by atoms with Crippen LogP contribution in [0.2, 0.25) is 5.02 Å². The van der Waals surface area contributed by atoms with Crippen molar-refractivity contribution in [2.45, 2.75) is 32.2 Å². The Balaban J connectivity index is 2.10. The average Bonchev–Trinajstić information content (AvgIpc) is 2.88. The van der Waals surface area contributed by atoms with Gasteiger partial charge in [-0.15, -0.1) is 0 Å². The minimum atomic E-state index is 0.367. The molecule has 19 heavy (non-hydrogen) atoms. The molecule has 0 aromatic carbocycles. The molecule has 0 spiro atoms. The highest BCUT2D eigenvalue weighted by Gasteiger charge is 2.27. The third-order valence-corrected chi connectivity index (χ3v) is 3.61. The first-order chi connectivity index (χ1) is 9.26. The van der Waals surface area contributed by atoms with E-state index in [9.17, 15) is 0 Å². The number of rotatable bonds is 6. The molecule has 2 heterocycles. The summed E-state index contributed by atoms with van der Waals surface area (Å²) in [7, 11) is 1.57. The van der Waals surface area contributed by atoms with Gasteiger partial charge in [0.15, 0.2) is 5.82 Å². The second-order valence-electron chi connectivity index (χ2n) is 4.72. The summed E-state index contributed by atoms with van der Waals surface area (Å²) in [6.07, 6.45) is 5.09. The number of aromatic nitrogens is 2. The van der Waals surface area contributed by atoms with E-state index in [0.29, 0.717) is 17.1 Å². The number of methoxy groups -OCH3 is 1. The smallest absolute Gasteiger partial charge is 0.318 e. The van der Waals surface area contributed by atoms with Gasteiger partial charge in [0.1, 0.15) is 5.02 Å². The zero-order chi connectivity index (χ0) is 13.7. The molecule has 1 aromatic heterocycles. The van der Waals surface area contributed by atoms with Crippen molar-refractivity contribution < 1.29 is 4.74 Å². The molecule has 0 saturated carbocycles. The topological polar surface area (TPSA) is 50.3 Å². The first-order valence-electron chi connectivity index (χ1n) is 6.80. The van der Waals surface area contributed by atoms with Gasteiger partial charge in [0.2, 0.25) is 0 Å². The fraction of sp³-hybridized carbons (Fsp3) is 0.692. The molecule has 1 fully saturated rings. The number of hydrogen-bond acceptors (Lipinski definition) is 5. The molecule has 1 unspecified atom stereocenters. The van der Waals surface area contributed by atoms with Gasteiger partial charge in [-0.25, -0.2) is 4.98 Å². The Hall–Kier alpha value is -1.07. The van der Waals surface area contributed by atoms with Gasteiger partial charge in [-0.3, -0.25) is 0 Å². The van der Waals surface area contributed by atoms with Gasteiger partial charge in [-0.1, -0.05) is 18.5 Å². The van der Waals surface area contributed by atoms with Gasteiger partial charge in [-0.05, 0) is 25.8 Å². The standard InChI is InChI=1S/C13H21ClN4O/c1-3-6-15-8-10-5-4-7-18(10)12-11(14)9-16-13(17-12)19-2/h9-10,15H,3-8H2,1-2H3. The lowest BCUT2D eigenvalue weighted by molar-refractivity contribution is 0.379. The van der Waals surface area contributed by atoms with E-state index in [1.54, 1.807) is 13.3 Å². The van der Waals surface area contributed by atoms with Crippen molar-refractivity contribution in [3.05, 3.63) is 11.2 Å². The number of nitrogens with zero attached hydrogens (tertiary/aromatic N) is 3. The normalized spacial score (nSPS) is 18.9. The Kier molecular flexibility index (Phi) is 5.22. The first-order valence-corrected chi connectivity index (χ1v) is 7.18. The molecule has 0 bridgehead atoms. The van der Waals surface area contributed by atoms with Crippen LogP contribution in [0.4, 0.5) is 5.82 Å². The summed E-state index contributed by atoms with van der Waals surface area (Å²) in [5, 5.41) is 4.05. The van der Waals surface area contributed by atoms with E-state index in [1.165, 1.54) is 12.8 Å². The molecule has 0 amide bonds. The summed E-state index contributed by atoms with van der Waals surface area (Å²) < 4.78 is 5.08. The molecule has 1 N–H and O–H groups in total. The summed E-state index contributed by atoms with van der Waals surface area (Å²) in [6.45, 7) is 5.17. The van der Waals surface area contributed by atoms with Crippen LogP contribution in [0.3, 0.4) is 0 Å². The van der Waals surface area contributed by atoms with E-state index < -0.39 is 0 Å². The molecule has 106 valence electrons. The van der Waals surface area contributed by atoms with Crippen LogP contribution in [0.1, 0.15) is 26.2 Å². The van der Waals surface area contributed by atoms with Crippen LogP contribution in [-0.2, 0) is 0 Å². The van der Waals surface area contributed by atoms with Crippen LogP contribution in [0, 0.1) is 0 Å². The van der Waals surface area contributed by atoms with Crippen molar-refractivity contribution in [2.24, 2.45) is 0 Å². The second kappa shape index (κ2) is 6.91. The maximum Gasteiger partial charge on any atom is 0.318 e. The Bertz CT molecular complexity index is 416. The Labute approximate surface area is 119 Å². The summed E-state index contributed by atoms with van der Waals surface area (Å²) in [4.78, 5) is 10.7. The summed E-state index contributed by atoms with van der Waals surface area (Å²) in [5.74, 6) is 0.786. The predicted octanol–water partition coefficient (Wildman–Crippen LogP) is 2.11. The van der Waals surface area contributed by atoms with Crippen LogP contribution in [-0.4, -0.2) is 42.8 Å². The maximum atomic E-state index is 6.22. The van der Waals surface area contributed by atoms with E-state index in [4.69, 9.17) is 16.3 Å². The van der Waals surface area contributed by atoms with Gasteiger partial charge < -0.3 is 15.0 Å². The van der Waals surface area contributed by atoms with Crippen molar-refractivity contribution in [3.63, 3.8) is 0 Å². The zero-order valence-corrected chi connectivity index (χ0v) is 12.3. The highest BCUT2D eigenvalue weighted by atomic mass is 35.5. The Morgan fingerprint density at radius 2 is 2.42 bits per heavy atom. The van der Waals surface area contributed by atoms with Gasteiger partial charge in [0.05, 0.1) is 13.3 Å². The minimum absolute atomic E-state index is 0.367. The lowest BCUT2D eigenvalue weighted by atomic mass is 10.2. The average molecular weight is 285 g/mol.